The van der Waals surface area contributed by atoms with E-state index in [1.807, 2.05) is 18.5 Å². The second kappa shape index (κ2) is 4.21. The molecule has 0 radical (unpaired) electrons. The number of nitrogens with one attached hydrogen (secondary N) is 1. The van der Waals surface area contributed by atoms with Gasteiger partial charge in [-0.05, 0) is 37.6 Å². The van der Waals surface area contributed by atoms with Crippen LogP contribution < -0.4 is 5.32 Å². The van der Waals surface area contributed by atoms with Crippen molar-refractivity contribution < 1.29 is 0 Å². The highest BCUT2D eigenvalue weighted by atomic mass is 14.9. The highest BCUT2D eigenvalue weighted by Gasteiger charge is 2.05. The van der Waals surface area contributed by atoms with E-state index in [-0.39, 0.29) is 0 Å². The van der Waals surface area contributed by atoms with Gasteiger partial charge in [0.2, 0.25) is 0 Å². The number of hydrogen-bond donors (Lipinski definition) is 1. The average Bonchev–Trinajstić information content (AvgIpc) is 2.05. The Hall–Kier alpha value is -0.890. The van der Waals surface area contributed by atoms with Crippen LogP contribution in [0.3, 0.4) is 0 Å². The Labute approximate surface area is 74.0 Å². The highest BCUT2D eigenvalue weighted by Crippen LogP contribution is 2.14. The summed E-state index contributed by atoms with van der Waals surface area (Å²) in [5.41, 5.74) is 2.60. The van der Waals surface area contributed by atoms with Crippen LogP contribution in [0.1, 0.15) is 31.0 Å². The van der Waals surface area contributed by atoms with Crippen LogP contribution in [0, 0.1) is 6.92 Å². The Morgan fingerprint density at radius 2 is 2.33 bits per heavy atom. The first-order chi connectivity index (χ1) is 5.75. The van der Waals surface area contributed by atoms with E-state index in [0.717, 1.165) is 6.54 Å². The van der Waals surface area contributed by atoms with E-state index < -0.39 is 0 Å². The predicted molar refractivity (Wildman–Crippen MR) is 51.1 cm³/mol. The Kier molecular flexibility index (Phi) is 3.23. The minimum Gasteiger partial charge on any atom is -0.310 e. The summed E-state index contributed by atoms with van der Waals surface area (Å²) in [6.07, 6.45) is 3.76. The second-order valence-electron chi connectivity index (χ2n) is 3.01. The molecule has 0 aliphatic carbocycles. The molecule has 1 unspecified atom stereocenters. The van der Waals surface area contributed by atoms with E-state index in [1.165, 1.54) is 11.1 Å². The molecule has 0 saturated carbocycles. The molecule has 0 spiro atoms. The molecule has 1 N–H and O–H groups in total. The van der Waals surface area contributed by atoms with Gasteiger partial charge in [0.1, 0.15) is 0 Å². The first-order valence-electron chi connectivity index (χ1n) is 4.39. The van der Waals surface area contributed by atoms with Crippen molar-refractivity contribution >= 4 is 0 Å². The van der Waals surface area contributed by atoms with Crippen molar-refractivity contribution in [2.45, 2.75) is 26.8 Å². The maximum absolute atomic E-state index is 4.11. The molecule has 66 valence electrons. The summed E-state index contributed by atoms with van der Waals surface area (Å²) in [4.78, 5) is 4.11. The van der Waals surface area contributed by atoms with Gasteiger partial charge in [-0.3, -0.25) is 4.98 Å². The Morgan fingerprint density at radius 3 is 2.92 bits per heavy atom. The van der Waals surface area contributed by atoms with Crippen molar-refractivity contribution in [2.75, 3.05) is 6.54 Å². The molecule has 2 heteroatoms. The second-order valence-corrected chi connectivity index (χ2v) is 3.01. The molecule has 0 fully saturated rings. The molecular formula is C10H16N2. The topological polar surface area (TPSA) is 24.9 Å². The Morgan fingerprint density at radius 1 is 1.58 bits per heavy atom. The predicted octanol–water partition coefficient (Wildman–Crippen LogP) is 2.06. The van der Waals surface area contributed by atoms with E-state index in [9.17, 15) is 0 Å². The fraction of sp³-hybridized carbons (Fsp3) is 0.500. The lowest BCUT2D eigenvalue weighted by molar-refractivity contribution is 0.593. The van der Waals surface area contributed by atoms with Gasteiger partial charge in [0.05, 0.1) is 0 Å². The zero-order valence-electron chi connectivity index (χ0n) is 7.96. The summed E-state index contributed by atoms with van der Waals surface area (Å²) in [5.74, 6) is 0. The molecule has 1 aromatic heterocycles. The van der Waals surface area contributed by atoms with E-state index in [0.29, 0.717) is 6.04 Å². The van der Waals surface area contributed by atoms with Crippen LogP contribution in [0.4, 0.5) is 0 Å². The molecular weight excluding hydrogens is 148 g/mol. The normalized spacial score (nSPS) is 12.9. The van der Waals surface area contributed by atoms with Crippen LogP contribution in [-0.4, -0.2) is 11.5 Å². The molecule has 0 saturated heterocycles. The SMILES string of the molecule is CCNC(C)c1cnccc1C. The van der Waals surface area contributed by atoms with E-state index >= 15 is 0 Å². The number of aromatic nitrogens is 1. The highest BCUT2D eigenvalue weighted by molar-refractivity contribution is 5.24. The van der Waals surface area contributed by atoms with Crippen molar-refractivity contribution in [3.05, 3.63) is 29.6 Å². The molecule has 0 amide bonds. The summed E-state index contributed by atoms with van der Waals surface area (Å²) in [6, 6.07) is 2.45. The monoisotopic (exact) mass is 164 g/mol. The summed E-state index contributed by atoms with van der Waals surface area (Å²) in [5, 5.41) is 3.36. The van der Waals surface area contributed by atoms with Gasteiger partial charge in [-0.1, -0.05) is 6.92 Å². The number of nitrogens with zero attached hydrogens (tertiary/aromatic N) is 1. The lowest BCUT2D eigenvalue weighted by Gasteiger charge is -2.14. The van der Waals surface area contributed by atoms with Crippen LogP contribution in [-0.2, 0) is 0 Å². The molecule has 1 rings (SSSR count). The fourth-order valence-electron chi connectivity index (χ4n) is 1.35. The smallest absolute Gasteiger partial charge is 0.0318 e. The first-order valence-corrected chi connectivity index (χ1v) is 4.39. The third-order valence-corrected chi connectivity index (χ3v) is 2.06. The molecule has 0 aliphatic heterocycles. The third kappa shape index (κ3) is 2.05. The Balaban J connectivity index is 2.79. The van der Waals surface area contributed by atoms with E-state index in [2.05, 4.69) is 31.1 Å². The lowest BCUT2D eigenvalue weighted by Crippen LogP contribution is -2.18. The Bertz CT molecular complexity index is 245. The summed E-state index contributed by atoms with van der Waals surface area (Å²) < 4.78 is 0. The molecule has 0 aromatic carbocycles. The van der Waals surface area contributed by atoms with Crippen molar-refractivity contribution in [1.82, 2.24) is 10.3 Å². The molecule has 2 nitrogen and oxygen atoms in total. The van der Waals surface area contributed by atoms with Crippen LogP contribution in [0.5, 0.6) is 0 Å². The van der Waals surface area contributed by atoms with E-state index in [1.54, 1.807) is 0 Å². The maximum Gasteiger partial charge on any atom is 0.0318 e. The van der Waals surface area contributed by atoms with Gasteiger partial charge in [-0.15, -0.1) is 0 Å². The molecule has 0 bridgehead atoms. The number of pyridine rings is 1. The molecule has 1 heterocycles. The lowest BCUT2D eigenvalue weighted by atomic mass is 10.1. The number of aryl methyl sites for hydroxylation is 1. The van der Waals surface area contributed by atoms with Crippen molar-refractivity contribution in [2.24, 2.45) is 0 Å². The van der Waals surface area contributed by atoms with Crippen molar-refractivity contribution in [3.63, 3.8) is 0 Å². The van der Waals surface area contributed by atoms with Gasteiger partial charge in [0.15, 0.2) is 0 Å². The third-order valence-electron chi connectivity index (χ3n) is 2.06. The van der Waals surface area contributed by atoms with Crippen LogP contribution in [0.2, 0.25) is 0 Å². The number of hydrogen-bond acceptors (Lipinski definition) is 2. The quantitative estimate of drug-likeness (QED) is 0.739. The maximum atomic E-state index is 4.11. The van der Waals surface area contributed by atoms with Gasteiger partial charge in [0.25, 0.3) is 0 Å². The molecule has 12 heavy (non-hydrogen) atoms. The summed E-state index contributed by atoms with van der Waals surface area (Å²) in [6.45, 7) is 7.38. The van der Waals surface area contributed by atoms with Crippen LogP contribution in [0.15, 0.2) is 18.5 Å². The minimum absolute atomic E-state index is 0.406. The first kappa shape index (κ1) is 9.20. The van der Waals surface area contributed by atoms with Crippen LogP contribution in [0.25, 0.3) is 0 Å². The summed E-state index contributed by atoms with van der Waals surface area (Å²) in [7, 11) is 0. The zero-order valence-corrected chi connectivity index (χ0v) is 7.96. The number of rotatable bonds is 3. The van der Waals surface area contributed by atoms with Crippen molar-refractivity contribution in [1.29, 1.82) is 0 Å². The van der Waals surface area contributed by atoms with E-state index in [4.69, 9.17) is 0 Å². The standard InChI is InChI=1S/C10H16N2/c1-4-12-9(3)10-7-11-6-5-8(10)2/h5-7,9,12H,4H2,1-3H3. The molecule has 1 aromatic rings. The van der Waals surface area contributed by atoms with Crippen molar-refractivity contribution in [3.8, 4) is 0 Å². The largest absolute Gasteiger partial charge is 0.310 e. The molecule has 0 aliphatic rings. The fourth-order valence-corrected chi connectivity index (χ4v) is 1.35. The van der Waals surface area contributed by atoms with Gasteiger partial charge in [-0.25, -0.2) is 0 Å². The van der Waals surface area contributed by atoms with Gasteiger partial charge >= 0.3 is 0 Å². The van der Waals surface area contributed by atoms with Gasteiger partial charge in [-0.2, -0.15) is 0 Å². The zero-order chi connectivity index (χ0) is 8.97. The van der Waals surface area contributed by atoms with Gasteiger partial charge in [0, 0.05) is 18.4 Å². The minimum atomic E-state index is 0.406. The summed E-state index contributed by atoms with van der Waals surface area (Å²) >= 11 is 0. The van der Waals surface area contributed by atoms with Gasteiger partial charge < -0.3 is 5.32 Å². The van der Waals surface area contributed by atoms with Crippen LogP contribution >= 0.6 is 0 Å². The molecule has 1 atom stereocenters. The average molecular weight is 164 g/mol.